The lowest BCUT2D eigenvalue weighted by Gasteiger charge is -2.37. The van der Waals surface area contributed by atoms with Gasteiger partial charge < -0.3 is 24.0 Å². The van der Waals surface area contributed by atoms with E-state index in [1.54, 1.807) is 23.1 Å². The maximum absolute atomic E-state index is 13.4. The van der Waals surface area contributed by atoms with Crippen LogP contribution in [0.25, 0.3) is 0 Å². The number of rotatable bonds is 5. The van der Waals surface area contributed by atoms with Crippen molar-refractivity contribution in [2.45, 2.75) is 6.10 Å². The lowest BCUT2D eigenvalue weighted by Crippen LogP contribution is -2.55. The highest BCUT2D eigenvalue weighted by molar-refractivity contribution is 5.83. The zero-order chi connectivity index (χ0) is 22.7. The first kappa shape index (κ1) is 21.3. The van der Waals surface area contributed by atoms with Crippen molar-refractivity contribution >= 4 is 17.5 Å². The maximum atomic E-state index is 13.4. The van der Waals surface area contributed by atoms with Crippen LogP contribution in [0.1, 0.15) is 0 Å². The molecule has 0 radical (unpaired) electrons. The molecule has 0 bridgehead atoms. The molecule has 0 aliphatic carbocycles. The Kier molecular flexibility index (Phi) is 6.06. The lowest BCUT2D eigenvalue weighted by atomic mass is 10.2. The first-order chi connectivity index (χ1) is 15.4. The van der Waals surface area contributed by atoms with Gasteiger partial charge in [-0.2, -0.15) is 0 Å². The highest BCUT2D eigenvalue weighted by Crippen LogP contribution is 2.31. The number of nitro groups is 1. The molecule has 4 rings (SSSR count). The summed E-state index contributed by atoms with van der Waals surface area (Å²) in [6, 6.07) is 9.90. The summed E-state index contributed by atoms with van der Waals surface area (Å²) in [5, 5.41) is 11.0. The second-order valence-corrected chi connectivity index (χ2v) is 7.23. The van der Waals surface area contributed by atoms with E-state index in [1.807, 2.05) is 6.07 Å². The van der Waals surface area contributed by atoms with E-state index in [4.69, 9.17) is 14.2 Å². The Morgan fingerprint density at radius 2 is 1.78 bits per heavy atom. The summed E-state index contributed by atoms with van der Waals surface area (Å²) in [7, 11) is 0. The zero-order valence-corrected chi connectivity index (χ0v) is 16.9. The number of para-hydroxylation sites is 2. The van der Waals surface area contributed by atoms with Gasteiger partial charge in [0, 0.05) is 38.3 Å². The van der Waals surface area contributed by atoms with E-state index in [0.717, 1.165) is 18.2 Å². The molecule has 1 saturated heterocycles. The van der Waals surface area contributed by atoms with Gasteiger partial charge in [0.1, 0.15) is 12.4 Å². The molecule has 11 heteroatoms. The quantitative estimate of drug-likeness (QED) is 0.508. The minimum Gasteiger partial charge on any atom is -0.485 e. The van der Waals surface area contributed by atoms with E-state index in [1.165, 1.54) is 4.90 Å². The van der Waals surface area contributed by atoms with Crippen molar-refractivity contribution in [1.82, 2.24) is 9.80 Å². The molecule has 2 heterocycles. The molecule has 0 aromatic heterocycles. The highest BCUT2D eigenvalue weighted by Gasteiger charge is 2.33. The molecule has 2 aliphatic rings. The molecule has 1 atom stereocenters. The van der Waals surface area contributed by atoms with Gasteiger partial charge in [-0.3, -0.25) is 19.7 Å². The molecule has 0 spiro atoms. The van der Waals surface area contributed by atoms with Crippen LogP contribution in [0, 0.1) is 15.9 Å². The number of carbonyl (C=O) groups excluding carboxylic acids is 2. The molecule has 10 nitrogen and oxygen atoms in total. The largest absolute Gasteiger partial charge is 0.485 e. The van der Waals surface area contributed by atoms with Crippen LogP contribution in [0.2, 0.25) is 0 Å². The molecule has 0 N–H and O–H groups in total. The Labute approximate surface area is 182 Å². The van der Waals surface area contributed by atoms with E-state index in [2.05, 4.69) is 0 Å². The van der Waals surface area contributed by atoms with Gasteiger partial charge >= 0.3 is 5.69 Å². The summed E-state index contributed by atoms with van der Waals surface area (Å²) in [5.41, 5.74) is -0.425. The second-order valence-electron chi connectivity index (χ2n) is 7.23. The number of fused-ring (bicyclic) bond motifs is 1. The van der Waals surface area contributed by atoms with Crippen LogP contribution >= 0.6 is 0 Å². The number of hydrogen-bond donors (Lipinski definition) is 0. The van der Waals surface area contributed by atoms with Gasteiger partial charge in [-0.15, -0.1) is 0 Å². The molecule has 2 aromatic rings. The van der Waals surface area contributed by atoms with E-state index in [0.29, 0.717) is 24.6 Å². The topological polar surface area (TPSA) is 111 Å². The van der Waals surface area contributed by atoms with Gasteiger partial charge in [-0.1, -0.05) is 12.1 Å². The predicted octanol–water partition coefficient (Wildman–Crippen LogP) is 1.62. The van der Waals surface area contributed by atoms with Crippen LogP contribution in [0.5, 0.6) is 17.2 Å². The molecular weight excluding hydrogens is 425 g/mol. The van der Waals surface area contributed by atoms with E-state index < -0.39 is 35.0 Å². The third-order valence-corrected chi connectivity index (χ3v) is 5.20. The van der Waals surface area contributed by atoms with Crippen molar-refractivity contribution < 1.29 is 33.1 Å². The van der Waals surface area contributed by atoms with Crippen molar-refractivity contribution in [3.63, 3.8) is 0 Å². The fraction of sp³-hybridized carbons (Fsp3) is 0.333. The van der Waals surface area contributed by atoms with Crippen LogP contribution in [0.15, 0.2) is 42.5 Å². The van der Waals surface area contributed by atoms with Crippen molar-refractivity contribution in [2.24, 2.45) is 0 Å². The Morgan fingerprint density at radius 1 is 1.09 bits per heavy atom. The van der Waals surface area contributed by atoms with Crippen LogP contribution in [0.3, 0.4) is 0 Å². The summed E-state index contributed by atoms with van der Waals surface area (Å²) >= 11 is 0. The second kappa shape index (κ2) is 9.08. The van der Waals surface area contributed by atoms with Crippen molar-refractivity contribution in [2.75, 3.05) is 39.4 Å². The Hall–Kier alpha value is -3.89. The average Bonchev–Trinajstić information content (AvgIpc) is 2.81. The molecular formula is C21H20FN3O7. The van der Waals surface area contributed by atoms with Crippen molar-refractivity contribution in [1.29, 1.82) is 0 Å². The fourth-order valence-electron chi connectivity index (χ4n) is 3.51. The summed E-state index contributed by atoms with van der Waals surface area (Å²) < 4.78 is 29.9. The standard InChI is InChI=1S/C21H20FN3O7/c22-14-5-6-15(25(28)29)18(11-14)31-13-20(26)23-7-9-24(10-8-23)21(27)19-12-30-16-3-1-2-4-17(16)32-19/h1-6,11,19H,7-10,12-13H2. The maximum Gasteiger partial charge on any atom is 0.311 e. The summed E-state index contributed by atoms with van der Waals surface area (Å²) in [5.74, 6) is -0.561. The van der Waals surface area contributed by atoms with Crippen LogP contribution in [-0.2, 0) is 9.59 Å². The third-order valence-electron chi connectivity index (χ3n) is 5.20. The molecule has 1 fully saturated rings. The molecule has 2 aliphatic heterocycles. The number of piperazine rings is 1. The number of carbonyl (C=O) groups is 2. The summed E-state index contributed by atoms with van der Waals surface area (Å²) in [6.07, 6.45) is -0.760. The number of hydrogen-bond acceptors (Lipinski definition) is 7. The van der Waals surface area contributed by atoms with Crippen LogP contribution < -0.4 is 14.2 Å². The summed E-state index contributed by atoms with van der Waals surface area (Å²) in [4.78, 5) is 38.6. The van der Waals surface area contributed by atoms with E-state index in [9.17, 15) is 24.1 Å². The van der Waals surface area contributed by atoms with Gasteiger partial charge in [-0.25, -0.2) is 4.39 Å². The number of nitrogens with zero attached hydrogens (tertiary/aromatic N) is 3. The minimum atomic E-state index is -0.760. The molecule has 32 heavy (non-hydrogen) atoms. The monoisotopic (exact) mass is 445 g/mol. The number of halogens is 1. The number of nitro benzene ring substituents is 1. The number of benzene rings is 2. The SMILES string of the molecule is O=C(COc1cc(F)ccc1[N+](=O)[O-])N1CCN(C(=O)C2COc3ccccc3O2)CC1. The molecule has 2 amide bonds. The third kappa shape index (κ3) is 4.56. The van der Waals surface area contributed by atoms with Gasteiger partial charge in [0.25, 0.3) is 11.8 Å². The van der Waals surface area contributed by atoms with Gasteiger partial charge in [0.05, 0.1) is 4.92 Å². The highest BCUT2D eigenvalue weighted by atomic mass is 19.1. The smallest absolute Gasteiger partial charge is 0.311 e. The molecule has 0 saturated carbocycles. The van der Waals surface area contributed by atoms with Gasteiger partial charge in [0.2, 0.25) is 11.9 Å². The van der Waals surface area contributed by atoms with Gasteiger partial charge in [0.15, 0.2) is 18.1 Å². The predicted molar refractivity (Wildman–Crippen MR) is 108 cm³/mol. The number of amides is 2. The fourth-order valence-corrected chi connectivity index (χ4v) is 3.51. The minimum absolute atomic E-state index is 0.106. The van der Waals surface area contributed by atoms with Crippen LogP contribution in [-0.4, -0.2) is 72.0 Å². The van der Waals surface area contributed by atoms with Crippen LogP contribution in [0.4, 0.5) is 10.1 Å². The first-order valence-corrected chi connectivity index (χ1v) is 9.94. The Bertz CT molecular complexity index is 1040. The van der Waals surface area contributed by atoms with Crippen molar-refractivity contribution in [3.05, 3.63) is 58.4 Å². The zero-order valence-electron chi connectivity index (χ0n) is 16.9. The average molecular weight is 445 g/mol. The normalized spacial score (nSPS) is 17.6. The van der Waals surface area contributed by atoms with Crippen molar-refractivity contribution in [3.8, 4) is 17.2 Å². The summed E-state index contributed by atoms with van der Waals surface area (Å²) in [6.45, 7) is 0.759. The lowest BCUT2D eigenvalue weighted by molar-refractivity contribution is -0.385. The van der Waals surface area contributed by atoms with Gasteiger partial charge in [-0.05, 0) is 18.2 Å². The Morgan fingerprint density at radius 3 is 2.50 bits per heavy atom. The molecule has 1 unspecified atom stereocenters. The molecule has 168 valence electrons. The van der Waals surface area contributed by atoms with E-state index in [-0.39, 0.29) is 31.4 Å². The Balaban J connectivity index is 1.28. The first-order valence-electron chi connectivity index (χ1n) is 9.94. The number of ether oxygens (including phenoxy) is 3. The molecule has 2 aromatic carbocycles. The van der Waals surface area contributed by atoms with E-state index >= 15 is 0 Å².